The number of carboxylic acids is 1. The van der Waals surface area contributed by atoms with Gasteiger partial charge in [0.25, 0.3) is 0 Å². The smallest absolute Gasteiger partial charge is 0.480 e. The van der Waals surface area contributed by atoms with E-state index in [1.165, 1.54) is 7.11 Å². The zero-order chi connectivity index (χ0) is 15.4. The number of hydrogen-bond acceptors (Lipinski definition) is 7. The Bertz CT molecular complexity index is 334. The molecule has 1 atom stereocenters. The van der Waals surface area contributed by atoms with Crippen LogP contribution in [0.3, 0.4) is 0 Å². The van der Waals surface area contributed by atoms with E-state index in [4.69, 9.17) is 10.3 Å². The van der Waals surface area contributed by atoms with Gasteiger partial charge in [-0.05, 0) is 26.2 Å². The lowest BCUT2D eigenvalue weighted by molar-refractivity contribution is -0.140. The van der Waals surface area contributed by atoms with Crippen molar-refractivity contribution in [3.05, 3.63) is 0 Å². The average molecular weight is 291 g/mol. The predicted octanol–water partition coefficient (Wildman–Crippen LogP) is 0.337. The van der Waals surface area contributed by atoms with Gasteiger partial charge in [0, 0.05) is 6.54 Å². The van der Waals surface area contributed by atoms with Crippen LogP contribution in [-0.2, 0) is 14.3 Å². The summed E-state index contributed by atoms with van der Waals surface area (Å²) in [5.74, 6) is -0.612. The van der Waals surface area contributed by atoms with Crippen LogP contribution >= 0.6 is 0 Å². The van der Waals surface area contributed by atoms with Crippen LogP contribution in [0.1, 0.15) is 26.2 Å². The van der Waals surface area contributed by atoms with E-state index in [1.807, 2.05) is 5.48 Å². The topological polar surface area (TPSA) is 129 Å². The standard InChI is InChI=1S/C11H21N3O6/c1-8(14-18)12-6-4-3-5-9(10(15)16)13-7-20-11(17)19-2/h9,13,18H,3-7H2,1-2H3,(H,12,14)(H,15,16). The second-order valence-corrected chi connectivity index (χ2v) is 3.91. The molecular weight excluding hydrogens is 270 g/mol. The number of aliphatic imine (C=N–C) groups is 1. The molecule has 9 heteroatoms. The second-order valence-electron chi connectivity index (χ2n) is 3.91. The van der Waals surface area contributed by atoms with E-state index in [-0.39, 0.29) is 6.73 Å². The molecule has 0 saturated carbocycles. The maximum Gasteiger partial charge on any atom is 0.509 e. The maximum absolute atomic E-state index is 11.0. The Morgan fingerprint density at radius 1 is 1.35 bits per heavy atom. The van der Waals surface area contributed by atoms with E-state index in [2.05, 4.69) is 19.8 Å². The number of hydrogen-bond donors (Lipinski definition) is 4. The summed E-state index contributed by atoms with van der Waals surface area (Å²) in [7, 11) is 1.17. The molecule has 0 aromatic carbocycles. The molecule has 20 heavy (non-hydrogen) atoms. The van der Waals surface area contributed by atoms with Crippen LogP contribution in [0.5, 0.6) is 0 Å². The van der Waals surface area contributed by atoms with E-state index in [1.54, 1.807) is 6.92 Å². The molecule has 4 N–H and O–H groups in total. The van der Waals surface area contributed by atoms with Gasteiger partial charge in [-0.15, -0.1) is 0 Å². The molecule has 9 nitrogen and oxygen atoms in total. The average Bonchev–Trinajstić information content (AvgIpc) is 2.43. The molecule has 0 spiro atoms. The first-order valence-corrected chi connectivity index (χ1v) is 6.09. The summed E-state index contributed by atoms with van der Waals surface area (Å²) in [5.41, 5.74) is 1.91. The zero-order valence-corrected chi connectivity index (χ0v) is 11.6. The van der Waals surface area contributed by atoms with E-state index in [0.717, 1.165) is 0 Å². The molecule has 0 rings (SSSR count). The number of carboxylic acid groups (broad SMARTS) is 1. The Morgan fingerprint density at radius 3 is 2.60 bits per heavy atom. The Kier molecular flexibility index (Phi) is 9.97. The van der Waals surface area contributed by atoms with Crippen molar-refractivity contribution in [2.75, 3.05) is 20.4 Å². The number of aliphatic carboxylic acids is 1. The summed E-state index contributed by atoms with van der Waals surface area (Å²) in [6.07, 6.45) is 0.816. The van der Waals surface area contributed by atoms with Crippen molar-refractivity contribution in [3.63, 3.8) is 0 Å². The predicted molar refractivity (Wildman–Crippen MR) is 69.7 cm³/mol. The van der Waals surface area contributed by atoms with Crippen molar-refractivity contribution >= 4 is 18.0 Å². The first kappa shape index (κ1) is 18.1. The van der Waals surface area contributed by atoms with Gasteiger partial charge >= 0.3 is 12.1 Å². The number of nitrogens with zero attached hydrogens (tertiary/aromatic N) is 1. The maximum atomic E-state index is 11.0. The minimum absolute atomic E-state index is 0.227. The van der Waals surface area contributed by atoms with E-state index >= 15 is 0 Å². The number of nitrogens with one attached hydrogen (secondary N) is 2. The summed E-state index contributed by atoms with van der Waals surface area (Å²) < 4.78 is 8.80. The van der Waals surface area contributed by atoms with Crippen molar-refractivity contribution in [1.29, 1.82) is 0 Å². The van der Waals surface area contributed by atoms with Crippen molar-refractivity contribution < 1.29 is 29.4 Å². The first-order valence-electron chi connectivity index (χ1n) is 6.09. The Labute approximate surface area is 116 Å². The monoisotopic (exact) mass is 291 g/mol. The minimum Gasteiger partial charge on any atom is -0.480 e. The minimum atomic E-state index is -1.02. The largest absolute Gasteiger partial charge is 0.509 e. The molecule has 0 aromatic heterocycles. The van der Waals surface area contributed by atoms with Gasteiger partial charge in [0.05, 0.1) is 7.11 Å². The van der Waals surface area contributed by atoms with Gasteiger partial charge in [0.1, 0.15) is 18.6 Å². The molecule has 0 heterocycles. The zero-order valence-electron chi connectivity index (χ0n) is 11.6. The summed E-state index contributed by atoms with van der Waals surface area (Å²) in [5, 5.41) is 20.1. The fourth-order valence-electron chi connectivity index (χ4n) is 1.32. The quantitative estimate of drug-likeness (QED) is 0.119. The van der Waals surface area contributed by atoms with Crippen molar-refractivity contribution in [3.8, 4) is 0 Å². The lowest BCUT2D eigenvalue weighted by Gasteiger charge is -2.13. The fourth-order valence-corrected chi connectivity index (χ4v) is 1.32. The number of ether oxygens (including phenoxy) is 2. The van der Waals surface area contributed by atoms with Crippen LogP contribution in [-0.4, -0.2) is 54.7 Å². The van der Waals surface area contributed by atoms with Gasteiger partial charge < -0.3 is 14.6 Å². The number of amidine groups is 1. The van der Waals surface area contributed by atoms with Gasteiger partial charge in [-0.3, -0.25) is 25.8 Å². The molecule has 0 bridgehead atoms. The third-order valence-electron chi connectivity index (χ3n) is 2.40. The van der Waals surface area contributed by atoms with Gasteiger partial charge in [0.2, 0.25) is 0 Å². The molecule has 0 fully saturated rings. The fraction of sp³-hybridized carbons (Fsp3) is 0.727. The highest BCUT2D eigenvalue weighted by Crippen LogP contribution is 2.02. The van der Waals surface area contributed by atoms with Crippen molar-refractivity contribution in [2.24, 2.45) is 4.99 Å². The van der Waals surface area contributed by atoms with Crippen molar-refractivity contribution in [1.82, 2.24) is 10.8 Å². The van der Waals surface area contributed by atoms with Crippen LogP contribution in [0.2, 0.25) is 0 Å². The third-order valence-corrected chi connectivity index (χ3v) is 2.40. The molecule has 0 saturated heterocycles. The Morgan fingerprint density at radius 2 is 2.05 bits per heavy atom. The van der Waals surface area contributed by atoms with Gasteiger partial charge in [0.15, 0.2) is 0 Å². The molecule has 116 valence electrons. The highest BCUT2D eigenvalue weighted by molar-refractivity contribution is 5.78. The highest BCUT2D eigenvalue weighted by Gasteiger charge is 2.16. The van der Waals surface area contributed by atoms with Gasteiger partial charge in [-0.1, -0.05) is 0 Å². The molecule has 0 aromatic rings. The summed E-state index contributed by atoms with van der Waals surface area (Å²) in [6, 6.07) is -0.805. The SMILES string of the molecule is COC(=O)OCNC(CCCCN=C(C)NO)C(=O)O. The van der Waals surface area contributed by atoms with Crippen molar-refractivity contribution in [2.45, 2.75) is 32.2 Å². The van der Waals surface area contributed by atoms with E-state index in [0.29, 0.717) is 31.6 Å². The number of carbonyl (C=O) groups is 2. The number of unbranched alkanes of at least 4 members (excludes halogenated alkanes) is 1. The normalized spacial score (nSPS) is 12.7. The Hall–Kier alpha value is -1.87. The van der Waals surface area contributed by atoms with Gasteiger partial charge in [-0.25, -0.2) is 4.79 Å². The van der Waals surface area contributed by atoms with Crippen LogP contribution in [0.15, 0.2) is 4.99 Å². The lowest BCUT2D eigenvalue weighted by atomic mass is 10.1. The summed E-state index contributed by atoms with van der Waals surface area (Å²) >= 11 is 0. The van der Waals surface area contributed by atoms with Crippen LogP contribution in [0.4, 0.5) is 4.79 Å². The number of methoxy groups -OCH3 is 1. The number of carbonyl (C=O) groups excluding carboxylic acids is 1. The first-order chi connectivity index (χ1) is 9.51. The third kappa shape index (κ3) is 9.11. The number of rotatable bonds is 9. The Balaban J connectivity index is 3.86. The second kappa shape index (κ2) is 11.0. The number of hydroxylamine groups is 1. The lowest BCUT2D eigenvalue weighted by Crippen LogP contribution is -2.38. The van der Waals surface area contributed by atoms with Gasteiger partial charge in [-0.2, -0.15) is 0 Å². The molecule has 0 aliphatic heterocycles. The summed E-state index contributed by atoms with van der Waals surface area (Å²) in [4.78, 5) is 25.6. The molecule has 1 unspecified atom stereocenters. The molecule has 0 amide bonds. The molecule has 0 aliphatic carbocycles. The molecular formula is C11H21N3O6. The summed E-state index contributed by atoms with van der Waals surface area (Å²) in [6.45, 7) is 1.88. The molecule has 0 radical (unpaired) electrons. The highest BCUT2D eigenvalue weighted by atomic mass is 16.7. The van der Waals surface area contributed by atoms with E-state index < -0.39 is 18.2 Å². The van der Waals surface area contributed by atoms with Crippen LogP contribution in [0.25, 0.3) is 0 Å². The molecule has 0 aliphatic rings. The van der Waals surface area contributed by atoms with Crippen LogP contribution in [0, 0.1) is 0 Å². The van der Waals surface area contributed by atoms with E-state index in [9.17, 15) is 9.59 Å². The van der Waals surface area contributed by atoms with Crippen LogP contribution < -0.4 is 10.8 Å².